The number of hydrogen-bond acceptors (Lipinski definition) is 7. The molecule has 0 aliphatic carbocycles. The average Bonchev–Trinajstić information content (AvgIpc) is 3.11. The third-order valence-corrected chi connectivity index (χ3v) is 5.41. The van der Waals surface area contributed by atoms with Gasteiger partial charge in [-0.3, -0.25) is 9.59 Å². The summed E-state index contributed by atoms with van der Waals surface area (Å²) in [5.41, 5.74) is 1.71. The molecule has 1 saturated heterocycles. The Morgan fingerprint density at radius 2 is 1.88 bits per heavy atom. The number of amides is 2. The number of carbonyl (C=O) groups excluding carboxylic acids is 2. The van der Waals surface area contributed by atoms with Crippen LogP contribution in [0.1, 0.15) is 32.8 Å². The Morgan fingerprint density at radius 3 is 2.64 bits per heavy atom. The Morgan fingerprint density at radius 1 is 1.00 bits per heavy atom. The fraction of sp³-hybridized carbons (Fsp3) is 0.261. The lowest BCUT2D eigenvalue weighted by Crippen LogP contribution is -2.29. The number of carbonyl (C=O) groups is 2. The third kappa shape index (κ3) is 5.82. The van der Waals surface area contributed by atoms with Crippen LogP contribution in [0.4, 0.5) is 17.3 Å². The highest BCUT2D eigenvalue weighted by Crippen LogP contribution is 2.20. The summed E-state index contributed by atoms with van der Waals surface area (Å²) in [6.07, 6.45) is 2.47. The number of anilines is 3. The Balaban J connectivity index is 1.48. The molecule has 9 nitrogen and oxygen atoms in total. The minimum absolute atomic E-state index is 0.165. The van der Waals surface area contributed by atoms with E-state index in [2.05, 4.69) is 36.0 Å². The molecular weight excluding hydrogens is 442 g/mol. The van der Waals surface area contributed by atoms with Crippen molar-refractivity contribution in [3.63, 3.8) is 0 Å². The van der Waals surface area contributed by atoms with Gasteiger partial charge in [-0.05, 0) is 56.3 Å². The first-order valence-electron chi connectivity index (χ1n) is 10.6. The summed E-state index contributed by atoms with van der Waals surface area (Å²) < 4.78 is 0. The van der Waals surface area contributed by atoms with Crippen LogP contribution in [0.3, 0.4) is 0 Å². The van der Waals surface area contributed by atoms with Crippen LogP contribution < -0.4 is 20.9 Å². The average molecular weight is 466 g/mol. The Kier molecular flexibility index (Phi) is 7.11. The van der Waals surface area contributed by atoms with Crippen LogP contribution in [0.25, 0.3) is 0 Å². The molecule has 1 aromatic carbocycles. The predicted octanol–water partition coefficient (Wildman–Crippen LogP) is 3.14. The van der Waals surface area contributed by atoms with E-state index in [0.29, 0.717) is 22.1 Å². The number of aromatic nitrogens is 3. The molecule has 3 N–H and O–H groups in total. The smallest absolute Gasteiger partial charge is 0.276 e. The number of aryl methyl sites for hydroxylation is 1. The molecule has 0 bridgehead atoms. The van der Waals surface area contributed by atoms with Crippen molar-refractivity contribution in [2.45, 2.75) is 13.3 Å². The monoisotopic (exact) mass is 465 g/mol. The standard InChI is InChI=1S/C23H24ClN7O2/c1-15-3-5-18(17(13-15)22(32)28-20-7-4-16(24)14-26-20)27-23(33)19-6-8-21(30-29-19)31-11-2-9-25-10-12-31/h3-8,13-14,25H,2,9-12H2,1H3,(H,27,33)(H,26,28,32). The van der Waals surface area contributed by atoms with Crippen LogP contribution in [0.2, 0.25) is 5.02 Å². The largest absolute Gasteiger partial charge is 0.354 e. The van der Waals surface area contributed by atoms with Crippen molar-refractivity contribution in [2.75, 3.05) is 41.7 Å². The number of rotatable bonds is 5. The molecule has 1 fully saturated rings. The quantitative estimate of drug-likeness (QED) is 0.530. The van der Waals surface area contributed by atoms with Crippen LogP contribution in [0, 0.1) is 6.92 Å². The lowest BCUT2D eigenvalue weighted by Gasteiger charge is -2.20. The maximum Gasteiger partial charge on any atom is 0.276 e. The first-order valence-corrected chi connectivity index (χ1v) is 11.0. The lowest BCUT2D eigenvalue weighted by atomic mass is 10.1. The van der Waals surface area contributed by atoms with Gasteiger partial charge >= 0.3 is 0 Å². The fourth-order valence-electron chi connectivity index (χ4n) is 3.46. The van der Waals surface area contributed by atoms with Crippen LogP contribution >= 0.6 is 11.6 Å². The molecule has 0 saturated carbocycles. The Hall–Kier alpha value is -3.56. The molecule has 3 aromatic rings. The van der Waals surface area contributed by atoms with Crippen molar-refractivity contribution in [1.29, 1.82) is 0 Å². The molecule has 33 heavy (non-hydrogen) atoms. The highest BCUT2D eigenvalue weighted by molar-refractivity contribution is 6.30. The molecule has 2 amide bonds. The molecule has 4 rings (SSSR count). The number of nitrogens with one attached hydrogen (secondary N) is 3. The lowest BCUT2D eigenvalue weighted by molar-refractivity contribution is 0.102. The van der Waals surface area contributed by atoms with Gasteiger partial charge in [-0.1, -0.05) is 23.2 Å². The zero-order chi connectivity index (χ0) is 23.2. The van der Waals surface area contributed by atoms with Crippen molar-refractivity contribution in [1.82, 2.24) is 20.5 Å². The van der Waals surface area contributed by atoms with Gasteiger partial charge in [0.15, 0.2) is 11.5 Å². The number of nitrogens with zero attached hydrogens (tertiary/aromatic N) is 4. The second-order valence-corrected chi connectivity index (χ2v) is 8.12. The highest BCUT2D eigenvalue weighted by Gasteiger charge is 2.18. The molecule has 1 aliphatic rings. The topological polar surface area (TPSA) is 112 Å². The first-order chi connectivity index (χ1) is 16.0. The van der Waals surface area contributed by atoms with E-state index in [4.69, 9.17) is 11.6 Å². The summed E-state index contributed by atoms with van der Waals surface area (Å²) in [6, 6.07) is 11.9. The molecular formula is C23H24ClN7O2. The summed E-state index contributed by atoms with van der Waals surface area (Å²) in [5.74, 6) is 0.239. The summed E-state index contributed by atoms with van der Waals surface area (Å²) in [7, 11) is 0. The first kappa shape index (κ1) is 22.6. The zero-order valence-electron chi connectivity index (χ0n) is 18.1. The second-order valence-electron chi connectivity index (χ2n) is 7.69. The minimum Gasteiger partial charge on any atom is -0.354 e. The Bertz CT molecular complexity index is 1130. The third-order valence-electron chi connectivity index (χ3n) is 5.18. The molecule has 3 heterocycles. The van der Waals surface area contributed by atoms with E-state index in [9.17, 15) is 9.59 Å². The van der Waals surface area contributed by atoms with Gasteiger partial charge in [0.05, 0.1) is 16.3 Å². The van der Waals surface area contributed by atoms with E-state index in [1.165, 1.54) is 6.20 Å². The van der Waals surface area contributed by atoms with Gasteiger partial charge in [-0.25, -0.2) is 4.98 Å². The van der Waals surface area contributed by atoms with Crippen molar-refractivity contribution in [3.05, 3.63) is 70.5 Å². The number of pyridine rings is 1. The maximum atomic E-state index is 12.9. The minimum atomic E-state index is -0.450. The van der Waals surface area contributed by atoms with E-state index in [-0.39, 0.29) is 5.69 Å². The summed E-state index contributed by atoms with van der Waals surface area (Å²) in [6.45, 7) is 5.45. The van der Waals surface area contributed by atoms with E-state index in [1.54, 1.807) is 36.4 Å². The van der Waals surface area contributed by atoms with Crippen molar-refractivity contribution >= 4 is 40.7 Å². The second kappa shape index (κ2) is 10.4. The van der Waals surface area contributed by atoms with Gasteiger partial charge in [0.1, 0.15) is 5.82 Å². The molecule has 1 aliphatic heterocycles. The SMILES string of the molecule is Cc1ccc(NC(=O)c2ccc(N3CCCNCC3)nn2)c(C(=O)Nc2ccc(Cl)cn2)c1. The molecule has 0 radical (unpaired) electrons. The van der Waals surface area contributed by atoms with Gasteiger partial charge in [-0.15, -0.1) is 10.2 Å². The van der Waals surface area contributed by atoms with Crippen molar-refractivity contribution in [2.24, 2.45) is 0 Å². The van der Waals surface area contributed by atoms with Gasteiger partial charge in [0, 0.05) is 25.8 Å². The normalized spacial score (nSPS) is 13.8. The predicted molar refractivity (Wildman–Crippen MR) is 128 cm³/mol. The van der Waals surface area contributed by atoms with Gasteiger partial charge in [-0.2, -0.15) is 0 Å². The van der Waals surface area contributed by atoms with Crippen LogP contribution in [0.5, 0.6) is 0 Å². The van der Waals surface area contributed by atoms with Crippen LogP contribution in [0.15, 0.2) is 48.7 Å². The summed E-state index contributed by atoms with van der Waals surface area (Å²) in [5, 5.41) is 17.6. The molecule has 2 aromatic heterocycles. The zero-order valence-corrected chi connectivity index (χ0v) is 18.9. The molecule has 170 valence electrons. The molecule has 0 spiro atoms. The van der Waals surface area contributed by atoms with E-state index in [1.807, 2.05) is 13.0 Å². The van der Waals surface area contributed by atoms with E-state index >= 15 is 0 Å². The molecule has 0 unspecified atom stereocenters. The molecule has 0 atom stereocenters. The number of halogens is 1. The Labute approximate surface area is 196 Å². The maximum absolute atomic E-state index is 12.9. The summed E-state index contributed by atoms with van der Waals surface area (Å²) >= 11 is 5.85. The highest BCUT2D eigenvalue weighted by atomic mass is 35.5. The number of benzene rings is 1. The van der Waals surface area contributed by atoms with Gasteiger partial charge < -0.3 is 20.9 Å². The van der Waals surface area contributed by atoms with E-state index < -0.39 is 11.8 Å². The van der Waals surface area contributed by atoms with Crippen molar-refractivity contribution < 1.29 is 9.59 Å². The van der Waals surface area contributed by atoms with Crippen LogP contribution in [-0.2, 0) is 0 Å². The molecule has 10 heteroatoms. The fourth-order valence-corrected chi connectivity index (χ4v) is 3.58. The van der Waals surface area contributed by atoms with Gasteiger partial charge in [0.25, 0.3) is 11.8 Å². The van der Waals surface area contributed by atoms with Crippen LogP contribution in [-0.4, -0.2) is 53.2 Å². The van der Waals surface area contributed by atoms with Gasteiger partial charge in [0.2, 0.25) is 0 Å². The number of hydrogen-bond donors (Lipinski definition) is 3. The summed E-state index contributed by atoms with van der Waals surface area (Å²) in [4.78, 5) is 31.9. The van der Waals surface area contributed by atoms with E-state index in [0.717, 1.165) is 44.0 Å². The van der Waals surface area contributed by atoms with Crippen molar-refractivity contribution in [3.8, 4) is 0 Å².